The lowest BCUT2D eigenvalue weighted by Crippen LogP contribution is -2.26. The van der Waals surface area contributed by atoms with Gasteiger partial charge in [-0.2, -0.15) is 0 Å². The molecule has 3 atom stereocenters. The molecule has 2 aliphatic rings. The predicted molar refractivity (Wildman–Crippen MR) is 79.4 cm³/mol. The molecular weight excluding hydrogens is 268 g/mol. The van der Waals surface area contributed by atoms with E-state index in [0.717, 1.165) is 11.1 Å². The first-order valence-corrected chi connectivity index (χ1v) is 7.30. The zero-order chi connectivity index (χ0) is 16.0. The fourth-order valence-electron chi connectivity index (χ4n) is 3.77. The van der Waals surface area contributed by atoms with Crippen LogP contribution in [-0.4, -0.2) is 25.2 Å². The van der Waals surface area contributed by atoms with E-state index < -0.39 is 16.7 Å². The Bertz CT molecular complexity index is 525. The predicted octanol–water partition coefficient (Wildman–Crippen LogP) is 2.89. The summed E-state index contributed by atoms with van der Waals surface area (Å²) >= 11 is 0. The number of cyclic esters (lactones) is 1. The van der Waals surface area contributed by atoms with Crippen molar-refractivity contribution in [3.05, 3.63) is 23.8 Å². The summed E-state index contributed by atoms with van der Waals surface area (Å²) in [6.45, 7) is 14.2. The second-order valence-electron chi connectivity index (χ2n) is 6.93. The molecule has 1 spiro atoms. The Morgan fingerprint density at radius 2 is 2.05 bits per heavy atom. The van der Waals surface area contributed by atoms with E-state index in [-0.39, 0.29) is 24.5 Å². The molecule has 1 aliphatic carbocycles. The summed E-state index contributed by atoms with van der Waals surface area (Å²) in [5.41, 5.74) is 0.730. The van der Waals surface area contributed by atoms with Crippen molar-refractivity contribution in [1.82, 2.24) is 0 Å². The highest BCUT2D eigenvalue weighted by atomic mass is 16.5. The van der Waals surface area contributed by atoms with Crippen molar-refractivity contribution >= 4 is 11.9 Å². The van der Waals surface area contributed by atoms with Crippen molar-refractivity contribution in [3.63, 3.8) is 0 Å². The van der Waals surface area contributed by atoms with Crippen LogP contribution < -0.4 is 0 Å². The molecule has 0 unspecified atom stereocenters. The average molecular weight is 292 g/mol. The summed E-state index contributed by atoms with van der Waals surface area (Å²) < 4.78 is 10.6. The Balaban J connectivity index is 2.21. The molecule has 21 heavy (non-hydrogen) atoms. The molecule has 2 rings (SSSR count). The monoisotopic (exact) mass is 292 g/mol. The molecule has 0 aromatic carbocycles. The van der Waals surface area contributed by atoms with Gasteiger partial charge in [0.05, 0.1) is 17.9 Å². The van der Waals surface area contributed by atoms with Crippen LogP contribution >= 0.6 is 0 Å². The van der Waals surface area contributed by atoms with Gasteiger partial charge >= 0.3 is 11.9 Å². The van der Waals surface area contributed by atoms with Gasteiger partial charge in [-0.3, -0.25) is 9.59 Å². The summed E-state index contributed by atoms with van der Waals surface area (Å²) in [5.74, 6) is -1.17. The van der Waals surface area contributed by atoms with Crippen LogP contribution in [0.2, 0.25) is 0 Å². The van der Waals surface area contributed by atoms with Crippen LogP contribution in [0.3, 0.4) is 0 Å². The number of carbonyl (C=O) groups excluding carboxylic acids is 2. The Kier molecular flexibility index (Phi) is 3.77. The van der Waals surface area contributed by atoms with Gasteiger partial charge in [-0.25, -0.2) is 0 Å². The average Bonchev–Trinajstić information content (AvgIpc) is 2.66. The first kappa shape index (κ1) is 15.8. The number of hydrogen-bond donors (Lipinski definition) is 0. The molecule has 0 amide bonds. The number of esters is 2. The van der Waals surface area contributed by atoms with Crippen molar-refractivity contribution in [1.29, 1.82) is 0 Å². The van der Waals surface area contributed by atoms with Crippen molar-refractivity contribution in [2.45, 2.75) is 34.6 Å². The largest absolute Gasteiger partial charge is 0.465 e. The standard InChI is InChI=1S/C17H24O4/c1-10(2)7-8-20-14(18)13-16(5,6)17(13)12(11(3)4)9-21-15(17)19/h7,12-13H,3,8-9H2,1-2,4-6H3/t12-,13-,17-/m1/s1. The molecule has 2 fully saturated rings. The zero-order valence-electron chi connectivity index (χ0n) is 13.5. The Morgan fingerprint density at radius 3 is 2.57 bits per heavy atom. The van der Waals surface area contributed by atoms with Crippen molar-refractivity contribution in [2.75, 3.05) is 13.2 Å². The molecule has 0 aromatic heterocycles. The first-order valence-electron chi connectivity index (χ1n) is 7.30. The quantitative estimate of drug-likeness (QED) is 0.590. The molecule has 0 aromatic rings. The fourth-order valence-corrected chi connectivity index (χ4v) is 3.77. The number of rotatable bonds is 4. The normalized spacial score (nSPS) is 32.5. The van der Waals surface area contributed by atoms with Gasteiger partial charge in [0, 0.05) is 5.92 Å². The van der Waals surface area contributed by atoms with E-state index >= 15 is 0 Å². The van der Waals surface area contributed by atoms with Gasteiger partial charge in [-0.15, -0.1) is 0 Å². The minimum Gasteiger partial charge on any atom is -0.465 e. The summed E-state index contributed by atoms with van der Waals surface area (Å²) in [5, 5.41) is 0. The molecule has 1 heterocycles. The molecule has 116 valence electrons. The maximum atomic E-state index is 12.4. The number of allylic oxidation sites excluding steroid dienone is 1. The van der Waals surface area contributed by atoms with Gasteiger partial charge in [0.15, 0.2) is 0 Å². The SMILES string of the molecule is C=C(C)[C@H]1COC(=O)[C@]12[C@H](C(=O)OCC=C(C)C)C2(C)C. The van der Waals surface area contributed by atoms with Crippen LogP contribution in [0.4, 0.5) is 0 Å². The van der Waals surface area contributed by atoms with Gasteiger partial charge in [-0.1, -0.05) is 31.6 Å². The van der Waals surface area contributed by atoms with Crippen LogP contribution in [-0.2, 0) is 19.1 Å². The lowest BCUT2D eigenvalue weighted by molar-refractivity contribution is -0.150. The van der Waals surface area contributed by atoms with Gasteiger partial charge in [0.2, 0.25) is 0 Å². The minimum absolute atomic E-state index is 0.110. The van der Waals surface area contributed by atoms with Crippen LogP contribution in [0.15, 0.2) is 23.8 Å². The highest BCUT2D eigenvalue weighted by Gasteiger charge is 2.84. The van der Waals surface area contributed by atoms with Crippen LogP contribution in [0, 0.1) is 22.7 Å². The summed E-state index contributed by atoms with van der Waals surface area (Å²) in [6, 6.07) is 0. The van der Waals surface area contributed by atoms with E-state index in [0.29, 0.717) is 6.61 Å². The van der Waals surface area contributed by atoms with E-state index in [9.17, 15) is 9.59 Å². The topological polar surface area (TPSA) is 52.6 Å². The fraction of sp³-hybridized carbons (Fsp3) is 0.647. The Hall–Kier alpha value is -1.58. The molecule has 1 aliphatic heterocycles. The summed E-state index contributed by atoms with van der Waals surface area (Å²) in [7, 11) is 0. The molecule has 1 saturated carbocycles. The molecule has 4 heteroatoms. The molecule has 0 radical (unpaired) electrons. The molecule has 4 nitrogen and oxygen atoms in total. The van der Waals surface area contributed by atoms with Crippen LogP contribution in [0.5, 0.6) is 0 Å². The molecule has 0 N–H and O–H groups in total. The van der Waals surface area contributed by atoms with Crippen LogP contribution in [0.1, 0.15) is 34.6 Å². The van der Waals surface area contributed by atoms with Crippen molar-refractivity contribution < 1.29 is 19.1 Å². The molecule has 0 bridgehead atoms. The van der Waals surface area contributed by atoms with E-state index in [1.807, 2.05) is 40.7 Å². The maximum Gasteiger partial charge on any atom is 0.314 e. The maximum absolute atomic E-state index is 12.4. The lowest BCUT2D eigenvalue weighted by atomic mass is 9.81. The van der Waals surface area contributed by atoms with Gasteiger partial charge in [-0.05, 0) is 32.3 Å². The van der Waals surface area contributed by atoms with Crippen molar-refractivity contribution in [2.24, 2.45) is 22.7 Å². The molecule has 1 saturated heterocycles. The van der Waals surface area contributed by atoms with E-state index in [1.165, 1.54) is 0 Å². The third-order valence-corrected chi connectivity index (χ3v) is 4.98. The first-order chi connectivity index (χ1) is 9.67. The lowest BCUT2D eigenvalue weighted by Gasteiger charge is -2.17. The van der Waals surface area contributed by atoms with Gasteiger partial charge < -0.3 is 9.47 Å². The van der Waals surface area contributed by atoms with Gasteiger partial charge in [0.1, 0.15) is 6.61 Å². The summed E-state index contributed by atoms with van der Waals surface area (Å²) in [4.78, 5) is 24.7. The van der Waals surface area contributed by atoms with Crippen molar-refractivity contribution in [3.8, 4) is 0 Å². The van der Waals surface area contributed by atoms with E-state index in [4.69, 9.17) is 9.47 Å². The minimum atomic E-state index is -0.791. The number of carbonyl (C=O) groups is 2. The number of ether oxygens (including phenoxy) is 2. The van der Waals surface area contributed by atoms with Gasteiger partial charge in [0.25, 0.3) is 0 Å². The van der Waals surface area contributed by atoms with E-state index in [2.05, 4.69) is 6.58 Å². The van der Waals surface area contributed by atoms with E-state index in [1.54, 1.807) is 0 Å². The second-order valence-corrected chi connectivity index (χ2v) is 6.93. The van der Waals surface area contributed by atoms with Crippen LogP contribution in [0.25, 0.3) is 0 Å². The zero-order valence-corrected chi connectivity index (χ0v) is 13.5. The Morgan fingerprint density at radius 1 is 1.43 bits per heavy atom. The smallest absolute Gasteiger partial charge is 0.314 e. The Labute approximate surface area is 126 Å². The third-order valence-electron chi connectivity index (χ3n) is 4.98. The highest BCUT2D eigenvalue weighted by molar-refractivity contribution is 5.95. The number of hydrogen-bond acceptors (Lipinski definition) is 4. The molecular formula is C17H24O4. The third kappa shape index (κ3) is 2.12. The highest BCUT2D eigenvalue weighted by Crippen LogP contribution is 2.75. The summed E-state index contributed by atoms with van der Waals surface area (Å²) in [6.07, 6.45) is 1.85. The second kappa shape index (κ2) is 5.00.